The minimum atomic E-state index is -0.935. The van der Waals surface area contributed by atoms with E-state index < -0.39 is 11.4 Å². The highest BCUT2D eigenvalue weighted by molar-refractivity contribution is 9.10. The molecule has 21 heavy (non-hydrogen) atoms. The van der Waals surface area contributed by atoms with E-state index in [1.807, 2.05) is 24.3 Å². The summed E-state index contributed by atoms with van der Waals surface area (Å²) in [6.45, 7) is 0.400. The predicted octanol–water partition coefficient (Wildman–Crippen LogP) is 2.80. The Morgan fingerprint density at radius 2 is 1.86 bits per heavy atom. The Morgan fingerprint density at radius 3 is 2.33 bits per heavy atom. The highest BCUT2D eigenvalue weighted by atomic mass is 79.9. The summed E-state index contributed by atoms with van der Waals surface area (Å²) in [6, 6.07) is 7.80. The Hall–Kier alpha value is -1.36. The molecule has 0 heterocycles. The van der Waals surface area contributed by atoms with Crippen LogP contribution in [0.15, 0.2) is 28.7 Å². The van der Waals surface area contributed by atoms with Crippen LogP contribution in [-0.2, 0) is 15.0 Å². The van der Waals surface area contributed by atoms with Gasteiger partial charge in [-0.05, 0) is 49.3 Å². The van der Waals surface area contributed by atoms with Crippen LogP contribution in [0.1, 0.15) is 31.2 Å². The fraction of sp³-hybridized carbons (Fsp3) is 0.500. The van der Waals surface area contributed by atoms with Gasteiger partial charge in [-0.15, -0.1) is 0 Å². The number of nitrogens with zero attached hydrogens (tertiary/aromatic N) is 1. The molecule has 1 amide bonds. The zero-order valence-corrected chi connectivity index (χ0v) is 13.3. The van der Waals surface area contributed by atoms with Gasteiger partial charge in [-0.2, -0.15) is 0 Å². The van der Waals surface area contributed by atoms with Crippen molar-refractivity contribution < 1.29 is 14.7 Å². The van der Waals surface area contributed by atoms with E-state index in [1.165, 1.54) is 0 Å². The smallest absolute Gasteiger partial charge is 0.323 e. The molecule has 0 unspecified atom stereocenters. The monoisotopic (exact) mass is 351 g/mol. The second-order valence-corrected chi connectivity index (χ2v) is 7.03. The summed E-state index contributed by atoms with van der Waals surface area (Å²) in [5.74, 6) is -0.455. The number of halogens is 1. The molecule has 5 heteroatoms. The van der Waals surface area contributed by atoms with E-state index in [4.69, 9.17) is 5.11 Å². The van der Waals surface area contributed by atoms with Crippen molar-refractivity contribution in [1.82, 2.24) is 4.90 Å². The average molecular weight is 352 g/mol. The Morgan fingerprint density at radius 1 is 1.24 bits per heavy atom. The maximum atomic E-state index is 12.9. The van der Waals surface area contributed by atoms with Crippen LogP contribution in [-0.4, -0.2) is 35.0 Å². The maximum Gasteiger partial charge on any atom is 0.323 e. The van der Waals surface area contributed by atoms with E-state index in [0.717, 1.165) is 35.7 Å². The number of benzene rings is 1. The summed E-state index contributed by atoms with van der Waals surface area (Å²) in [6.07, 6.45) is 3.84. The number of aliphatic carboxylic acids is 1. The van der Waals surface area contributed by atoms with Gasteiger partial charge in [0.15, 0.2) is 0 Å². The lowest BCUT2D eigenvalue weighted by Gasteiger charge is -2.26. The normalized spacial score (nSPS) is 19.1. The van der Waals surface area contributed by atoms with Crippen molar-refractivity contribution in [2.24, 2.45) is 5.92 Å². The number of carbonyl (C=O) groups excluding carboxylic acids is 1. The number of carboxylic acids is 1. The van der Waals surface area contributed by atoms with Crippen molar-refractivity contribution in [3.63, 3.8) is 0 Å². The van der Waals surface area contributed by atoms with Crippen LogP contribution in [0.5, 0.6) is 0 Å². The zero-order valence-electron chi connectivity index (χ0n) is 11.7. The van der Waals surface area contributed by atoms with Crippen molar-refractivity contribution in [3.8, 4) is 0 Å². The standard InChI is InChI=1S/C16H18BrNO3/c17-13-5-3-12(4-6-13)16(7-8-16)15(21)18(10-14(19)20)9-11-1-2-11/h3-6,11H,1-2,7-10H2,(H,19,20). The topological polar surface area (TPSA) is 57.6 Å². The van der Waals surface area contributed by atoms with E-state index in [2.05, 4.69) is 15.9 Å². The van der Waals surface area contributed by atoms with Gasteiger partial charge in [0.05, 0.1) is 5.41 Å². The lowest BCUT2D eigenvalue weighted by atomic mass is 9.94. The molecular weight excluding hydrogens is 334 g/mol. The van der Waals surface area contributed by atoms with Gasteiger partial charge in [-0.1, -0.05) is 28.1 Å². The van der Waals surface area contributed by atoms with Crippen LogP contribution in [0.25, 0.3) is 0 Å². The molecule has 2 fully saturated rings. The number of carbonyl (C=O) groups is 2. The molecule has 112 valence electrons. The molecule has 1 aromatic rings. The minimum absolute atomic E-state index is 0.0147. The fourth-order valence-electron chi connectivity index (χ4n) is 2.82. The molecule has 0 atom stereocenters. The first-order chi connectivity index (χ1) is 10.0. The molecule has 0 saturated heterocycles. The van der Waals surface area contributed by atoms with Crippen LogP contribution in [0.4, 0.5) is 0 Å². The second-order valence-electron chi connectivity index (χ2n) is 6.11. The van der Waals surface area contributed by atoms with Crippen molar-refractivity contribution >= 4 is 27.8 Å². The fourth-order valence-corrected chi connectivity index (χ4v) is 3.08. The van der Waals surface area contributed by atoms with Crippen LogP contribution < -0.4 is 0 Å². The second kappa shape index (κ2) is 5.44. The number of hydrogen-bond donors (Lipinski definition) is 1. The molecule has 2 aliphatic rings. The SMILES string of the molecule is O=C(O)CN(CC1CC1)C(=O)C1(c2ccc(Br)cc2)CC1. The number of carboxylic acid groups (broad SMARTS) is 1. The van der Waals surface area contributed by atoms with Crippen molar-refractivity contribution in [2.75, 3.05) is 13.1 Å². The number of amides is 1. The molecule has 0 aromatic heterocycles. The predicted molar refractivity (Wildman–Crippen MR) is 82.0 cm³/mol. The third kappa shape index (κ3) is 3.12. The molecule has 3 rings (SSSR count). The molecule has 1 N–H and O–H groups in total. The lowest BCUT2D eigenvalue weighted by Crippen LogP contribution is -2.43. The average Bonchev–Trinajstić information content (AvgIpc) is 3.32. The van der Waals surface area contributed by atoms with Crippen molar-refractivity contribution in [1.29, 1.82) is 0 Å². The van der Waals surface area contributed by atoms with E-state index in [9.17, 15) is 9.59 Å². The first kappa shape index (κ1) is 14.6. The molecule has 2 saturated carbocycles. The van der Waals surface area contributed by atoms with Gasteiger partial charge in [0.25, 0.3) is 0 Å². The van der Waals surface area contributed by atoms with Crippen LogP contribution in [0.3, 0.4) is 0 Å². The van der Waals surface area contributed by atoms with E-state index in [1.54, 1.807) is 4.90 Å². The summed E-state index contributed by atoms with van der Waals surface area (Å²) in [7, 11) is 0. The van der Waals surface area contributed by atoms with Crippen LogP contribution in [0.2, 0.25) is 0 Å². The Balaban J connectivity index is 1.80. The van der Waals surface area contributed by atoms with E-state index >= 15 is 0 Å². The summed E-state index contributed by atoms with van der Waals surface area (Å²) in [4.78, 5) is 25.5. The van der Waals surface area contributed by atoms with E-state index in [-0.39, 0.29) is 12.5 Å². The molecule has 0 aliphatic heterocycles. The molecular formula is C16H18BrNO3. The van der Waals surface area contributed by atoms with Gasteiger partial charge in [0, 0.05) is 11.0 Å². The van der Waals surface area contributed by atoms with Gasteiger partial charge in [0.1, 0.15) is 6.54 Å². The summed E-state index contributed by atoms with van der Waals surface area (Å²) in [5, 5.41) is 9.06. The first-order valence-corrected chi connectivity index (χ1v) is 8.08. The zero-order chi connectivity index (χ0) is 15.0. The first-order valence-electron chi connectivity index (χ1n) is 7.28. The highest BCUT2D eigenvalue weighted by Crippen LogP contribution is 2.50. The molecule has 0 radical (unpaired) electrons. The molecule has 4 nitrogen and oxygen atoms in total. The molecule has 1 aromatic carbocycles. The quantitative estimate of drug-likeness (QED) is 0.857. The Labute approximate surface area is 132 Å². The summed E-state index contributed by atoms with van der Waals surface area (Å²) < 4.78 is 0.981. The summed E-state index contributed by atoms with van der Waals surface area (Å²) >= 11 is 3.40. The molecule has 2 aliphatic carbocycles. The maximum absolute atomic E-state index is 12.9. The number of hydrogen-bond acceptors (Lipinski definition) is 2. The van der Waals surface area contributed by atoms with Gasteiger partial charge < -0.3 is 10.0 Å². The minimum Gasteiger partial charge on any atom is -0.480 e. The Bertz CT molecular complexity index is 561. The van der Waals surface area contributed by atoms with Gasteiger partial charge in [-0.25, -0.2) is 0 Å². The van der Waals surface area contributed by atoms with Gasteiger partial charge >= 0.3 is 5.97 Å². The van der Waals surface area contributed by atoms with Crippen LogP contribution >= 0.6 is 15.9 Å². The third-order valence-corrected chi connectivity index (χ3v) is 4.87. The van der Waals surface area contributed by atoms with Gasteiger partial charge in [-0.3, -0.25) is 9.59 Å². The molecule has 0 bridgehead atoms. The lowest BCUT2D eigenvalue weighted by molar-refractivity contribution is -0.145. The highest BCUT2D eigenvalue weighted by Gasteiger charge is 2.53. The Kier molecular flexibility index (Phi) is 3.78. The van der Waals surface area contributed by atoms with Crippen molar-refractivity contribution in [2.45, 2.75) is 31.1 Å². The van der Waals surface area contributed by atoms with E-state index in [0.29, 0.717) is 12.5 Å². The largest absolute Gasteiger partial charge is 0.480 e. The molecule has 0 spiro atoms. The van der Waals surface area contributed by atoms with Crippen LogP contribution in [0, 0.1) is 5.92 Å². The number of rotatable bonds is 6. The summed E-state index contributed by atoms with van der Waals surface area (Å²) in [5.41, 5.74) is 0.521. The third-order valence-electron chi connectivity index (χ3n) is 4.35. The van der Waals surface area contributed by atoms with Gasteiger partial charge in [0.2, 0.25) is 5.91 Å². The van der Waals surface area contributed by atoms with Crippen molar-refractivity contribution in [3.05, 3.63) is 34.3 Å².